The zero-order valence-corrected chi connectivity index (χ0v) is 21.4. The predicted octanol–water partition coefficient (Wildman–Crippen LogP) is 6.90. The Morgan fingerprint density at radius 1 is 0.892 bits per heavy atom. The Kier molecular flexibility index (Phi) is 7.28. The van der Waals surface area contributed by atoms with E-state index < -0.39 is 0 Å². The lowest BCUT2D eigenvalue weighted by molar-refractivity contribution is -0.119. The van der Waals surface area contributed by atoms with Crippen LogP contribution in [0.4, 0.5) is 16.2 Å². The number of nitrogens with zero attached hydrogens (tertiary/aromatic N) is 3. The first kappa shape index (κ1) is 24.7. The van der Waals surface area contributed by atoms with E-state index in [4.69, 9.17) is 11.6 Å². The van der Waals surface area contributed by atoms with Crippen LogP contribution in [0.2, 0.25) is 5.02 Å². The highest BCUT2D eigenvalue weighted by Crippen LogP contribution is 2.42. The zero-order valence-electron chi connectivity index (χ0n) is 20.7. The van der Waals surface area contributed by atoms with E-state index >= 15 is 0 Å². The molecule has 0 fully saturated rings. The van der Waals surface area contributed by atoms with Crippen LogP contribution in [-0.4, -0.2) is 34.5 Å². The maximum atomic E-state index is 14.1. The molecule has 1 aliphatic rings. The Morgan fingerprint density at radius 3 is 2.32 bits per heavy atom. The molecule has 3 amide bonds. The van der Waals surface area contributed by atoms with E-state index in [0.717, 1.165) is 35.5 Å². The van der Waals surface area contributed by atoms with Crippen LogP contribution in [0, 0.1) is 0 Å². The average Bonchev–Trinajstić information content (AvgIpc) is 3.42. The molecule has 0 bridgehead atoms. The number of benzene rings is 3. The molecule has 4 aromatic rings. The fourth-order valence-electron chi connectivity index (χ4n) is 4.79. The molecule has 7 heteroatoms. The molecule has 0 spiro atoms. The molecular formula is C30H29ClN4O2. The lowest BCUT2D eigenvalue weighted by atomic mass is 9.97. The van der Waals surface area contributed by atoms with Crippen LogP contribution < -0.4 is 10.2 Å². The Balaban J connectivity index is 1.48. The number of hydrogen-bond donors (Lipinski definition) is 1. The fraction of sp³-hybridized carbons (Fsp3) is 0.200. The van der Waals surface area contributed by atoms with Crippen LogP contribution in [0.15, 0.2) is 97.2 Å². The summed E-state index contributed by atoms with van der Waals surface area (Å²) in [4.78, 5) is 30.8. The predicted molar refractivity (Wildman–Crippen MR) is 148 cm³/mol. The smallest absolute Gasteiger partial charge is 0.316 e. The molecular weight excluding hydrogens is 484 g/mol. The number of para-hydroxylation sites is 2. The molecule has 6 nitrogen and oxygen atoms in total. The van der Waals surface area contributed by atoms with Crippen molar-refractivity contribution < 1.29 is 9.59 Å². The molecule has 5 rings (SSSR count). The number of carbonyl (C=O) groups is 2. The van der Waals surface area contributed by atoms with Crippen molar-refractivity contribution in [3.05, 3.63) is 113 Å². The van der Waals surface area contributed by atoms with Crippen molar-refractivity contribution in [1.29, 1.82) is 0 Å². The van der Waals surface area contributed by atoms with E-state index in [-0.39, 0.29) is 24.5 Å². The summed E-state index contributed by atoms with van der Waals surface area (Å²) in [7, 11) is 0. The number of aromatic nitrogens is 1. The van der Waals surface area contributed by atoms with Crippen molar-refractivity contribution in [1.82, 2.24) is 9.47 Å². The molecule has 188 valence electrons. The van der Waals surface area contributed by atoms with E-state index in [0.29, 0.717) is 17.3 Å². The average molecular weight is 513 g/mol. The molecule has 0 saturated heterocycles. The number of amides is 3. The molecule has 1 aliphatic heterocycles. The molecule has 0 radical (unpaired) electrons. The molecule has 3 aromatic carbocycles. The van der Waals surface area contributed by atoms with Gasteiger partial charge < -0.3 is 14.8 Å². The summed E-state index contributed by atoms with van der Waals surface area (Å²) in [5, 5.41) is 3.51. The number of unbranched alkanes of at least 4 members (excludes halogenated alkanes) is 1. The second-order valence-electron chi connectivity index (χ2n) is 9.08. The second kappa shape index (κ2) is 10.9. The van der Waals surface area contributed by atoms with E-state index in [1.165, 1.54) is 0 Å². The SMILES string of the molecule is CCCCN(CC(=O)N1c2ccccc2-n2cccc2C1c1ccccc1)C(=O)Nc1ccc(Cl)cc1. The minimum absolute atomic E-state index is 0.0438. The summed E-state index contributed by atoms with van der Waals surface area (Å²) < 4.78 is 2.14. The van der Waals surface area contributed by atoms with Crippen molar-refractivity contribution in [2.45, 2.75) is 25.8 Å². The highest BCUT2D eigenvalue weighted by molar-refractivity contribution is 6.30. The van der Waals surface area contributed by atoms with Gasteiger partial charge in [-0.15, -0.1) is 0 Å². The molecule has 1 atom stereocenters. The summed E-state index contributed by atoms with van der Waals surface area (Å²) in [6, 6.07) is 28.3. The van der Waals surface area contributed by atoms with Crippen LogP contribution in [0.3, 0.4) is 0 Å². The summed E-state index contributed by atoms with van der Waals surface area (Å²) in [5.41, 5.74) is 4.40. The molecule has 0 aliphatic carbocycles. The van der Waals surface area contributed by atoms with Gasteiger partial charge in [-0.3, -0.25) is 9.69 Å². The lowest BCUT2D eigenvalue weighted by Gasteiger charge is -2.39. The normalized spacial score (nSPS) is 14.0. The number of nitrogens with one attached hydrogen (secondary N) is 1. The molecule has 37 heavy (non-hydrogen) atoms. The van der Waals surface area contributed by atoms with E-state index in [9.17, 15) is 9.59 Å². The molecule has 2 heterocycles. The van der Waals surface area contributed by atoms with Crippen molar-refractivity contribution in [3.63, 3.8) is 0 Å². The third-order valence-corrected chi connectivity index (χ3v) is 6.85. The van der Waals surface area contributed by atoms with Gasteiger partial charge in [0.15, 0.2) is 0 Å². The first-order valence-corrected chi connectivity index (χ1v) is 12.9. The maximum Gasteiger partial charge on any atom is 0.322 e. The minimum atomic E-state index is -0.314. The van der Waals surface area contributed by atoms with Gasteiger partial charge in [-0.1, -0.05) is 67.4 Å². The Morgan fingerprint density at radius 2 is 1.59 bits per heavy atom. The van der Waals surface area contributed by atoms with Crippen molar-refractivity contribution in [2.24, 2.45) is 0 Å². The molecule has 1 N–H and O–H groups in total. The third-order valence-electron chi connectivity index (χ3n) is 6.59. The summed E-state index contributed by atoms with van der Waals surface area (Å²) >= 11 is 5.99. The van der Waals surface area contributed by atoms with Gasteiger partial charge in [0.1, 0.15) is 12.6 Å². The number of hydrogen-bond acceptors (Lipinski definition) is 2. The molecule has 0 saturated carbocycles. The van der Waals surface area contributed by atoms with Crippen molar-refractivity contribution in [2.75, 3.05) is 23.3 Å². The quantitative estimate of drug-likeness (QED) is 0.293. The number of halogens is 1. The zero-order chi connectivity index (χ0) is 25.8. The maximum absolute atomic E-state index is 14.1. The van der Waals surface area contributed by atoms with E-state index in [1.807, 2.05) is 71.8 Å². The first-order chi connectivity index (χ1) is 18.1. The first-order valence-electron chi connectivity index (χ1n) is 12.5. The number of rotatable bonds is 7. The van der Waals surface area contributed by atoms with Gasteiger partial charge in [0.05, 0.1) is 17.1 Å². The Hall–Kier alpha value is -4.03. The van der Waals surface area contributed by atoms with Crippen molar-refractivity contribution >= 4 is 34.9 Å². The topological polar surface area (TPSA) is 57.6 Å². The van der Waals surface area contributed by atoms with E-state index in [2.05, 4.69) is 22.9 Å². The van der Waals surface area contributed by atoms with E-state index in [1.54, 1.807) is 29.2 Å². The number of fused-ring (bicyclic) bond motifs is 3. The monoisotopic (exact) mass is 512 g/mol. The second-order valence-corrected chi connectivity index (χ2v) is 9.52. The Bertz CT molecular complexity index is 1380. The van der Waals surface area contributed by atoms with Gasteiger partial charge in [-0.25, -0.2) is 4.79 Å². The summed E-state index contributed by atoms with van der Waals surface area (Å²) in [5.74, 6) is -0.142. The highest BCUT2D eigenvalue weighted by atomic mass is 35.5. The van der Waals surface area contributed by atoms with Crippen molar-refractivity contribution in [3.8, 4) is 5.69 Å². The minimum Gasteiger partial charge on any atom is -0.316 e. The lowest BCUT2D eigenvalue weighted by Crippen LogP contribution is -2.48. The third kappa shape index (κ3) is 5.11. The number of urea groups is 1. The largest absolute Gasteiger partial charge is 0.322 e. The van der Waals surface area contributed by atoms with Gasteiger partial charge in [-0.2, -0.15) is 0 Å². The van der Waals surface area contributed by atoms with Gasteiger partial charge in [-0.05, 0) is 60.5 Å². The van der Waals surface area contributed by atoms with Gasteiger partial charge in [0.2, 0.25) is 5.91 Å². The number of carbonyl (C=O) groups excluding carboxylic acids is 2. The van der Waals surface area contributed by atoms with Crippen LogP contribution in [-0.2, 0) is 4.79 Å². The molecule has 1 aromatic heterocycles. The Labute approximate surface area is 222 Å². The fourth-order valence-corrected chi connectivity index (χ4v) is 4.92. The van der Waals surface area contributed by atoms with Gasteiger partial charge in [0.25, 0.3) is 0 Å². The summed E-state index contributed by atoms with van der Waals surface area (Å²) in [6.45, 7) is 2.50. The van der Waals surface area contributed by atoms with Crippen LogP contribution in [0.5, 0.6) is 0 Å². The standard InChI is InChI=1S/C30H29ClN4O2/c1-2-3-19-33(30(37)32-24-17-15-23(31)16-18-24)21-28(36)35-26-13-8-7-12-25(26)34-20-9-14-27(34)29(35)22-10-5-4-6-11-22/h4-18,20,29H,2-3,19,21H2,1H3,(H,32,37). The van der Waals surface area contributed by atoms with Crippen LogP contribution >= 0.6 is 11.6 Å². The van der Waals surface area contributed by atoms with Crippen LogP contribution in [0.25, 0.3) is 5.69 Å². The summed E-state index contributed by atoms with van der Waals surface area (Å²) in [6.07, 6.45) is 3.73. The highest BCUT2D eigenvalue weighted by Gasteiger charge is 2.36. The van der Waals surface area contributed by atoms with Gasteiger partial charge >= 0.3 is 6.03 Å². The number of anilines is 2. The van der Waals surface area contributed by atoms with Crippen LogP contribution in [0.1, 0.15) is 37.1 Å². The molecule has 1 unspecified atom stereocenters. The van der Waals surface area contributed by atoms with Gasteiger partial charge in [0, 0.05) is 23.5 Å².